The van der Waals surface area contributed by atoms with Crippen LogP contribution < -0.4 is 16.2 Å². The predicted molar refractivity (Wildman–Crippen MR) is 173 cm³/mol. The van der Waals surface area contributed by atoms with E-state index in [1.54, 1.807) is 54.3 Å². The minimum absolute atomic E-state index is 0. The van der Waals surface area contributed by atoms with Gasteiger partial charge in [0.05, 0.1) is 22.4 Å². The lowest BCUT2D eigenvalue weighted by atomic mass is 10.0. The van der Waals surface area contributed by atoms with Crippen molar-refractivity contribution in [3.05, 3.63) is 106 Å². The lowest BCUT2D eigenvalue weighted by Crippen LogP contribution is -2.39. The molecule has 0 radical (unpaired) electrons. The molecule has 0 bridgehead atoms. The molecule has 2 amide bonds. The number of phenols is 1. The highest BCUT2D eigenvalue weighted by Crippen LogP contribution is 2.29. The van der Waals surface area contributed by atoms with Crippen LogP contribution in [-0.2, 0) is 11.3 Å². The van der Waals surface area contributed by atoms with Gasteiger partial charge in [-0.1, -0.05) is 29.8 Å². The van der Waals surface area contributed by atoms with Crippen molar-refractivity contribution in [2.45, 2.75) is 25.5 Å². The van der Waals surface area contributed by atoms with Crippen molar-refractivity contribution in [2.24, 2.45) is 0 Å². The van der Waals surface area contributed by atoms with Crippen molar-refractivity contribution in [2.75, 3.05) is 37.4 Å². The molecule has 1 saturated heterocycles. The van der Waals surface area contributed by atoms with Crippen LogP contribution >= 0.6 is 24.0 Å². The molecule has 0 atom stereocenters. The molecule has 10 nitrogen and oxygen atoms in total. The van der Waals surface area contributed by atoms with Gasteiger partial charge in [-0.25, -0.2) is 4.98 Å². The van der Waals surface area contributed by atoms with E-state index >= 15 is 0 Å². The summed E-state index contributed by atoms with van der Waals surface area (Å²) in [4.78, 5) is 45.7. The van der Waals surface area contributed by atoms with Gasteiger partial charge in [0.25, 0.3) is 17.4 Å². The molecular weight excluding hydrogens is 605 g/mol. The average Bonchev–Trinajstić information content (AvgIpc) is 3.03. The van der Waals surface area contributed by atoms with E-state index in [1.165, 1.54) is 30.5 Å². The van der Waals surface area contributed by atoms with Crippen LogP contribution in [0.4, 0.5) is 11.5 Å². The number of phenolic OH excluding ortho intramolecular Hbond substituents is 1. The first-order chi connectivity index (χ1) is 20.8. The van der Waals surface area contributed by atoms with Crippen LogP contribution in [0.3, 0.4) is 0 Å². The molecule has 1 fully saturated rings. The van der Waals surface area contributed by atoms with E-state index in [9.17, 15) is 19.5 Å². The zero-order valence-electron chi connectivity index (χ0n) is 24.0. The summed E-state index contributed by atoms with van der Waals surface area (Å²) in [7, 11) is 1.75. The summed E-state index contributed by atoms with van der Waals surface area (Å²) in [5.41, 5.74) is 1.40. The van der Waals surface area contributed by atoms with Crippen LogP contribution in [0.2, 0.25) is 5.02 Å². The molecule has 5 rings (SSSR count). The van der Waals surface area contributed by atoms with Gasteiger partial charge >= 0.3 is 0 Å². The highest BCUT2D eigenvalue weighted by molar-refractivity contribution is 6.30. The van der Waals surface area contributed by atoms with E-state index in [1.807, 2.05) is 6.07 Å². The van der Waals surface area contributed by atoms with Crippen molar-refractivity contribution in [1.82, 2.24) is 14.5 Å². The van der Waals surface area contributed by atoms with Crippen LogP contribution in [0.5, 0.6) is 5.75 Å². The number of piperidine rings is 1. The maximum absolute atomic E-state index is 13.3. The third-order valence-corrected chi connectivity index (χ3v) is 7.72. The minimum Gasteiger partial charge on any atom is -0.506 e. The van der Waals surface area contributed by atoms with E-state index in [4.69, 9.17) is 16.3 Å². The number of ether oxygens (including phenoxy) is 1. The third kappa shape index (κ3) is 7.83. The molecule has 0 aliphatic carbocycles. The van der Waals surface area contributed by atoms with Gasteiger partial charge in [-0.3, -0.25) is 14.4 Å². The average molecular weight is 639 g/mol. The van der Waals surface area contributed by atoms with Crippen LogP contribution in [0.15, 0.2) is 83.9 Å². The Morgan fingerprint density at radius 2 is 1.73 bits per heavy atom. The number of aromatic nitrogens is 2. The normalized spacial score (nSPS) is 13.6. The van der Waals surface area contributed by atoms with Crippen LogP contribution in [0, 0.1) is 0 Å². The summed E-state index contributed by atoms with van der Waals surface area (Å²) in [5.74, 6) is -1.11. The summed E-state index contributed by atoms with van der Waals surface area (Å²) in [6.07, 6.45) is 5.47. The van der Waals surface area contributed by atoms with E-state index < -0.39 is 11.8 Å². The molecule has 2 aromatic carbocycles. The van der Waals surface area contributed by atoms with E-state index in [0.717, 1.165) is 32.5 Å². The van der Waals surface area contributed by atoms with E-state index in [2.05, 4.69) is 20.5 Å². The SMILES string of the molecule is COC1CCN(CCn2cccc(-c3ccc(C(=O)Nc4c(O)cccc4C(=O)Nc4ccc(Cl)cn4)cc3)c2=O)CC1.Cl. The standard InChI is InChI=1S/C32H32ClN5O5.ClH/c1-43-24-13-16-37(17-14-24)18-19-38-15-3-5-25(32(38)42)21-7-9-22(10-8-21)30(40)36-29-26(4-2-6-27(29)39)31(41)35-28-12-11-23(33)20-34-28;/h2-12,15,20,24,39H,13-14,16-19H2,1H3,(H,36,40)(H,34,35,41);1H. The molecule has 12 heteroatoms. The molecular formula is C32H33Cl2N5O5. The maximum Gasteiger partial charge on any atom is 0.259 e. The fraction of sp³-hybridized carbons (Fsp3) is 0.250. The number of aromatic hydroxyl groups is 1. The third-order valence-electron chi connectivity index (χ3n) is 7.50. The van der Waals surface area contributed by atoms with Gasteiger partial charge in [-0.2, -0.15) is 0 Å². The second kappa shape index (κ2) is 15.0. The first-order valence-electron chi connectivity index (χ1n) is 13.9. The Bertz CT molecular complexity index is 1650. The Morgan fingerprint density at radius 1 is 0.977 bits per heavy atom. The summed E-state index contributed by atoms with van der Waals surface area (Å²) in [6, 6.07) is 17.7. The van der Waals surface area contributed by atoms with Gasteiger partial charge in [0.1, 0.15) is 11.6 Å². The largest absolute Gasteiger partial charge is 0.506 e. The molecule has 4 aromatic rings. The molecule has 0 saturated carbocycles. The Labute approximate surface area is 266 Å². The number of anilines is 2. The molecule has 0 unspecified atom stereocenters. The Morgan fingerprint density at radius 3 is 2.41 bits per heavy atom. The summed E-state index contributed by atoms with van der Waals surface area (Å²) < 4.78 is 7.15. The van der Waals surface area contributed by atoms with Crippen molar-refractivity contribution in [3.63, 3.8) is 0 Å². The summed E-state index contributed by atoms with van der Waals surface area (Å²) >= 11 is 5.86. The molecule has 1 aliphatic rings. The van der Waals surface area contributed by atoms with Crippen LogP contribution in [-0.4, -0.2) is 64.2 Å². The number of benzene rings is 2. The molecule has 3 N–H and O–H groups in total. The molecule has 2 aromatic heterocycles. The highest BCUT2D eigenvalue weighted by Gasteiger charge is 2.20. The number of carbonyl (C=O) groups is 2. The smallest absolute Gasteiger partial charge is 0.259 e. The van der Waals surface area contributed by atoms with Gasteiger partial charge < -0.3 is 29.9 Å². The molecule has 44 heavy (non-hydrogen) atoms. The number of nitrogens with one attached hydrogen (secondary N) is 2. The number of amides is 2. The number of hydrogen-bond acceptors (Lipinski definition) is 7. The fourth-order valence-electron chi connectivity index (χ4n) is 5.03. The lowest BCUT2D eigenvalue weighted by Gasteiger charge is -2.31. The number of methoxy groups -OCH3 is 1. The summed E-state index contributed by atoms with van der Waals surface area (Å²) in [6.45, 7) is 3.25. The number of carbonyl (C=O) groups excluding carboxylic acids is 2. The fourth-order valence-corrected chi connectivity index (χ4v) is 5.14. The van der Waals surface area contributed by atoms with Gasteiger partial charge in [0.2, 0.25) is 0 Å². The first-order valence-corrected chi connectivity index (χ1v) is 14.3. The van der Waals surface area contributed by atoms with Crippen molar-refractivity contribution >= 4 is 47.3 Å². The van der Waals surface area contributed by atoms with Gasteiger partial charge in [-0.15, -0.1) is 12.4 Å². The van der Waals surface area contributed by atoms with Gasteiger partial charge in [0.15, 0.2) is 0 Å². The van der Waals surface area contributed by atoms with Crippen LogP contribution in [0.1, 0.15) is 33.6 Å². The maximum atomic E-state index is 13.3. The monoisotopic (exact) mass is 637 g/mol. The Hall–Kier alpha value is -4.22. The Kier molecular flexibility index (Phi) is 11.1. The highest BCUT2D eigenvalue weighted by atomic mass is 35.5. The lowest BCUT2D eigenvalue weighted by molar-refractivity contribution is 0.0401. The quantitative estimate of drug-likeness (QED) is 0.212. The number of halogens is 2. The van der Waals surface area contributed by atoms with Crippen LogP contribution in [0.25, 0.3) is 11.1 Å². The molecule has 0 spiro atoms. The molecule has 1 aliphatic heterocycles. The molecule has 230 valence electrons. The number of pyridine rings is 2. The van der Waals surface area contributed by atoms with Crippen molar-refractivity contribution in [3.8, 4) is 16.9 Å². The second-order valence-corrected chi connectivity index (χ2v) is 10.7. The van der Waals surface area contributed by atoms with Gasteiger partial charge in [0, 0.05) is 56.8 Å². The predicted octanol–water partition coefficient (Wildman–Crippen LogP) is 5.31. The number of para-hydroxylation sites is 1. The minimum atomic E-state index is -0.573. The zero-order valence-corrected chi connectivity index (χ0v) is 25.6. The second-order valence-electron chi connectivity index (χ2n) is 10.2. The van der Waals surface area contributed by atoms with E-state index in [0.29, 0.717) is 28.8 Å². The van der Waals surface area contributed by atoms with Gasteiger partial charge in [-0.05, 0) is 66.9 Å². The topological polar surface area (TPSA) is 126 Å². The Balaban J connectivity index is 0.00000442. The zero-order chi connectivity index (χ0) is 30.3. The summed E-state index contributed by atoms with van der Waals surface area (Å²) in [5, 5.41) is 16.1. The van der Waals surface area contributed by atoms with Crippen molar-refractivity contribution in [1.29, 1.82) is 0 Å². The van der Waals surface area contributed by atoms with Crippen molar-refractivity contribution < 1.29 is 19.4 Å². The number of rotatable bonds is 9. The number of nitrogens with zero attached hydrogens (tertiary/aromatic N) is 3. The van der Waals surface area contributed by atoms with E-state index in [-0.39, 0.29) is 46.3 Å². The number of hydrogen-bond donors (Lipinski definition) is 3. The number of likely N-dealkylation sites (tertiary alicyclic amines) is 1. The molecule has 3 heterocycles. The first kappa shape index (κ1) is 32.7.